The second kappa shape index (κ2) is 15.8. The molecule has 1 unspecified atom stereocenters. The first-order chi connectivity index (χ1) is 8.85. The molecule has 0 heterocycles. The zero-order valence-corrected chi connectivity index (χ0v) is 14.3. The molecule has 0 nitrogen and oxygen atoms in total. The van der Waals surface area contributed by atoms with Crippen molar-refractivity contribution in [3.63, 3.8) is 0 Å². The molecule has 0 aromatic heterocycles. The second-order valence-corrected chi connectivity index (χ2v) is 6.98. The molecule has 0 spiro atoms. The quantitative estimate of drug-likeness (QED) is 0.206. The Labute approximate surface area is 125 Å². The molecule has 0 amide bonds. The normalized spacial score (nSPS) is 12.8. The van der Waals surface area contributed by atoms with Crippen molar-refractivity contribution in [3.8, 4) is 0 Å². The van der Waals surface area contributed by atoms with Gasteiger partial charge in [0, 0.05) is 5.75 Å². The van der Waals surface area contributed by atoms with Gasteiger partial charge in [0.15, 0.2) is 0 Å². The van der Waals surface area contributed by atoms with Crippen molar-refractivity contribution in [2.24, 2.45) is 5.92 Å². The lowest BCUT2D eigenvalue weighted by Gasteiger charge is -2.16. The Balaban J connectivity index is 3.56. The topological polar surface area (TPSA) is 0 Å². The number of hydrogen-bond donors (Lipinski definition) is 1. The van der Waals surface area contributed by atoms with Gasteiger partial charge in [0.05, 0.1) is 0 Å². The van der Waals surface area contributed by atoms with Crippen molar-refractivity contribution < 1.29 is 0 Å². The van der Waals surface area contributed by atoms with Crippen molar-refractivity contribution in [3.05, 3.63) is 0 Å². The maximum absolute atomic E-state index is 4.27. The number of rotatable bonds is 14. The van der Waals surface area contributed by atoms with Gasteiger partial charge in [-0.25, -0.2) is 0 Å². The van der Waals surface area contributed by atoms with E-state index >= 15 is 0 Å². The van der Waals surface area contributed by atoms with Gasteiger partial charge >= 0.3 is 0 Å². The molecule has 0 aromatic carbocycles. The number of unbranched alkanes of at least 4 members (excludes halogenated alkanes) is 7. The van der Waals surface area contributed by atoms with Crippen LogP contribution in [0.15, 0.2) is 0 Å². The summed E-state index contributed by atoms with van der Waals surface area (Å²) >= 11 is 4.27. The maximum atomic E-state index is 4.27. The first-order valence-electron chi connectivity index (χ1n) is 8.11. The Bertz CT molecular complexity index is 148. The van der Waals surface area contributed by atoms with E-state index in [9.17, 15) is 0 Å². The van der Waals surface area contributed by atoms with Gasteiger partial charge in [0.25, 0.3) is 0 Å². The molecule has 18 heavy (non-hydrogen) atoms. The summed E-state index contributed by atoms with van der Waals surface area (Å²) in [6, 6.07) is 0. The zero-order chi connectivity index (χ0) is 13.5. The molecule has 0 aliphatic rings. The van der Waals surface area contributed by atoms with E-state index in [1.165, 1.54) is 82.8 Å². The Hall–Kier alpha value is 0.700. The van der Waals surface area contributed by atoms with E-state index < -0.39 is 0 Å². The molecule has 0 radical (unpaired) electrons. The standard InChI is InChI=1S/C16H34S2/c1-3-5-7-9-11-13-16(14-15-18-17)12-10-8-6-4-2/h16-17H,3-15H2,1-2H3. The largest absolute Gasteiger partial charge is 0.111 e. The van der Waals surface area contributed by atoms with Crippen molar-refractivity contribution in [1.82, 2.24) is 0 Å². The van der Waals surface area contributed by atoms with E-state index in [0.29, 0.717) is 0 Å². The average molecular weight is 291 g/mol. The minimum Gasteiger partial charge on any atom is -0.111 e. The fourth-order valence-corrected chi connectivity index (χ4v) is 3.30. The fourth-order valence-electron chi connectivity index (χ4n) is 2.55. The van der Waals surface area contributed by atoms with Crippen molar-refractivity contribution >= 4 is 22.5 Å². The maximum Gasteiger partial charge on any atom is 0.00371 e. The average Bonchev–Trinajstić information content (AvgIpc) is 2.39. The first-order valence-corrected chi connectivity index (χ1v) is 10.1. The smallest absolute Gasteiger partial charge is 0.00371 e. The Morgan fingerprint density at radius 2 is 1.22 bits per heavy atom. The van der Waals surface area contributed by atoms with Crippen LogP contribution in [0, 0.1) is 5.92 Å². The van der Waals surface area contributed by atoms with Gasteiger partial charge in [-0.1, -0.05) is 95.3 Å². The molecule has 1 atom stereocenters. The molecule has 0 bridgehead atoms. The van der Waals surface area contributed by atoms with Gasteiger partial charge in [-0.3, -0.25) is 0 Å². The third kappa shape index (κ3) is 13.1. The van der Waals surface area contributed by atoms with Crippen LogP contribution in [0.2, 0.25) is 0 Å². The molecule has 0 aliphatic heterocycles. The van der Waals surface area contributed by atoms with Gasteiger partial charge in [0.1, 0.15) is 0 Å². The van der Waals surface area contributed by atoms with Crippen LogP contribution in [-0.4, -0.2) is 5.75 Å². The molecular weight excluding hydrogens is 256 g/mol. The monoisotopic (exact) mass is 290 g/mol. The summed E-state index contributed by atoms with van der Waals surface area (Å²) in [6.45, 7) is 4.59. The van der Waals surface area contributed by atoms with E-state index in [4.69, 9.17) is 0 Å². The summed E-state index contributed by atoms with van der Waals surface area (Å²) in [4.78, 5) is 0. The van der Waals surface area contributed by atoms with Crippen molar-refractivity contribution in [2.45, 2.75) is 90.9 Å². The summed E-state index contributed by atoms with van der Waals surface area (Å²) in [6.07, 6.45) is 17.1. The van der Waals surface area contributed by atoms with Crippen LogP contribution in [0.5, 0.6) is 0 Å². The SMILES string of the molecule is CCCCCCCC(CCCCCC)CCSS. The summed E-state index contributed by atoms with van der Waals surface area (Å²) in [5.41, 5.74) is 0. The van der Waals surface area contributed by atoms with Gasteiger partial charge < -0.3 is 0 Å². The van der Waals surface area contributed by atoms with E-state index in [1.54, 1.807) is 10.8 Å². The lowest BCUT2D eigenvalue weighted by atomic mass is 9.92. The highest BCUT2D eigenvalue weighted by Gasteiger charge is 2.08. The summed E-state index contributed by atoms with van der Waals surface area (Å²) < 4.78 is 0. The summed E-state index contributed by atoms with van der Waals surface area (Å²) in [5, 5.41) is 0. The predicted molar refractivity (Wildman–Crippen MR) is 91.7 cm³/mol. The lowest BCUT2D eigenvalue weighted by molar-refractivity contribution is 0.397. The number of hydrogen-bond acceptors (Lipinski definition) is 2. The highest BCUT2D eigenvalue weighted by molar-refractivity contribution is 8.68. The van der Waals surface area contributed by atoms with Gasteiger partial charge in [-0.15, -0.1) is 11.7 Å². The van der Waals surface area contributed by atoms with Crippen LogP contribution in [0.4, 0.5) is 0 Å². The highest BCUT2D eigenvalue weighted by Crippen LogP contribution is 2.24. The molecule has 0 saturated carbocycles. The van der Waals surface area contributed by atoms with E-state index in [0.717, 1.165) is 5.92 Å². The van der Waals surface area contributed by atoms with E-state index in [-0.39, 0.29) is 0 Å². The summed E-state index contributed by atoms with van der Waals surface area (Å²) in [5.74, 6) is 2.21. The molecule has 0 aliphatic carbocycles. The highest BCUT2D eigenvalue weighted by atomic mass is 33.1. The molecule has 2 heteroatoms. The van der Waals surface area contributed by atoms with Gasteiger partial charge in [-0.2, -0.15) is 0 Å². The zero-order valence-electron chi connectivity index (χ0n) is 12.6. The molecule has 110 valence electrons. The fraction of sp³-hybridized carbons (Fsp3) is 1.00. The molecule has 0 saturated heterocycles. The Morgan fingerprint density at radius 1 is 0.722 bits per heavy atom. The van der Waals surface area contributed by atoms with E-state index in [1.807, 2.05) is 0 Å². The molecule has 0 aromatic rings. The van der Waals surface area contributed by atoms with Crippen LogP contribution in [-0.2, 0) is 0 Å². The van der Waals surface area contributed by atoms with Gasteiger partial charge in [0.2, 0.25) is 0 Å². The van der Waals surface area contributed by atoms with E-state index in [2.05, 4.69) is 25.5 Å². The van der Waals surface area contributed by atoms with Gasteiger partial charge in [-0.05, 0) is 12.3 Å². The third-order valence-corrected chi connectivity index (χ3v) is 4.77. The summed E-state index contributed by atoms with van der Waals surface area (Å²) in [7, 11) is 1.72. The minimum atomic E-state index is 0.975. The first kappa shape index (κ1) is 18.7. The predicted octanol–water partition coefficient (Wildman–Crippen LogP) is 6.90. The molecule has 0 rings (SSSR count). The second-order valence-electron chi connectivity index (χ2n) is 5.54. The van der Waals surface area contributed by atoms with Crippen LogP contribution in [0.3, 0.4) is 0 Å². The van der Waals surface area contributed by atoms with Crippen LogP contribution in [0.1, 0.15) is 90.9 Å². The van der Waals surface area contributed by atoms with Crippen molar-refractivity contribution in [1.29, 1.82) is 0 Å². The number of thiol groups is 1. The minimum absolute atomic E-state index is 0.975. The third-order valence-electron chi connectivity index (χ3n) is 3.80. The lowest BCUT2D eigenvalue weighted by Crippen LogP contribution is -2.02. The molecule has 0 N–H and O–H groups in total. The van der Waals surface area contributed by atoms with Crippen molar-refractivity contribution in [2.75, 3.05) is 5.75 Å². The van der Waals surface area contributed by atoms with Crippen LogP contribution in [0.25, 0.3) is 0 Å². The Kier molecular flexibility index (Phi) is 16.4. The molecule has 0 fully saturated rings. The molecular formula is C16H34S2. The van der Waals surface area contributed by atoms with Crippen LogP contribution >= 0.6 is 22.5 Å². The Morgan fingerprint density at radius 3 is 1.72 bits per heavy atom. The van der Waals surface area contributed by atoms with Crippen LogP contribution < -0.4 is 0 Å².